The number of rotatable bonds is 19. The highest BCUT2D eigenvalue weighted by Gasteiger charge is 2.19. The Labute approximate surface area is 164 Å². The van der Waals surface area contributed by atoms with E-state index in [0.717, 1.165) is 0 Å². The molecule has 0 radical (unpaired) electrons. The average molecular weight is 410 g/mol. The Morgan fingerprint density at radius 2 is 1.37 bits per heavy atom. The van der Waals surface area contributed by atoms with E-state index in [4.69, 9.17) is 24.1 Å². The number of carboxylic acid groups (broad SMARTS) is 1. The van der Waals surface area contributed by atoms with Crippen molar-refractivity contribution < 1.29 is 38.4 Å². The number of carboxylic acids is 1. The number of ether oxygens (including phenoxy) is 4. The number of ketones is 1. The van der Waals surface area contributed by atoms with Gasteiger partial charge in [-0.3, -0.25) is 14.4 Å². The smallest absolute Gasteiger partial charge is 0.305 e. The van der Waals surface area contributed by atoms with E-state index >= 15 is 0 Å². The maximum absolute atomic E-state index is 11.7. The minimum Gasteiger partial charge on any atom is -0.481 e. The molecule has 0 aliphatic carbocycles. The molecular formula is C17H31NO8S. The molecule has 0 rings (SSSR count). The Kier molecular flexibility index (Phi) is 17.4. The number of thioether (sulfide) groups is 1. The number of aliphatic carboxylic acids is 1. The van der Waals surface area contributed by atoms with Gasteiger partial charge in [-0.1, -0.05) is 0 Å². The van der Waals surface area contributed by atoms with Gasteiger partial charge in [-0.05, 0) is 13.2 Å². The Balaban J connectivity index is 3.32. The Hall–Kier alpha value is -1.20. The summed E-state index contributed by atoms with van der Waals surface area (Å²) >= 11 is 1.21. The van der Waals surface area contributed by atoms with E-state index in [1.54, 1.807) is 6.26 Å². The van der Waals surface area contributed by atoms with Gasteiger partial charge in [0.05, 0.1) is 64.5 Å². The molecular weight excluding hydrogens is 378 g/mol. The molecule has 0 fully saturated rings. The molecule has 1 amide bonds. The second-order valence-corrected chi connectivity index (χ2v) is 6.56. The van der Waals surface area contributed by atoms with Gasteiger partial charge in [0.25, 0.3) is 0 Å². The first-order chi connectivity index (χ1) is 13.0. The van der Waals surface area contributed by atoms with Crippen LogP contribution in [0.25, 0.3) is 0 Å². The van der Waals surface area contributed by atoms with E-state index in [-0.39, 0.29) is 18.1 Å². The van der Waals surface area contributed by atoms with Gasteiger partial charge in [0, 0.05) is 13.0 Å². The summed E-state index contributed by atoms with van der Waals surface area (Å²) in [5.74, 6) is -1.19. The van der Waals surface area contributed by atoms with Gasteiger partial charge in [0.15, 0.2) is 0 Å². The predicted molar refractivity (Wildman–Crippen MR) is 101 cm³/mol. The van der Waals surface area contributed by atoms with Crippen LogP contribution in [0.5, 0.6) is 0 Å². The number of Topliss-reactive ketones (excluding diaryl/α,β-unsaturated/α-hetero) is 1. The van der Waals surface area contributed by atoms with Crippen molar-refractivity contribution in [2.24, 2.45) is 0 Å². The van der Waals surface area contributed by atoms with E-state index in [1.807, 2.05) is 0 Å². The summed E-state index contributed by atoms with van der Waals surface area (Å²) in [6, 6.07) is 0. The average Bonchev–Trinajstić information content (AvgIpc) is 2.62. The van der Waals surface area contributed by atoms with Crippen LogP contribution >= 0.6 is 11.8 Å². The van der Waals surface area contributed by atoms with Gasteiger partial charge in [-0.15, -0.1) is 0 Å². The van der Waals surface area contributed by atoms with Crippen LogP contribution in [-0.2, 0) is 33.3 Å². The molecule has 1 unspecified atom stereocenters. The van der Waals surface area contributed by atoms with Crippen molar-refractivity contribution in [2.45, 2.75) is 25.0 Å². The Bertz CT molecular complexity index is 422. The number of hydrogen-bond donors (Lipinski definition) is 2. The first kappa shape index (κ1) is 25.8. The highest BCUT2D eigenvalue weighted by Crippen LogP contribution is 2.10. The molecule has 9 nitrogen and oxygen atoms in total. The summed E-state index contributed by atoms with van der Waals surface area (Å²) in [5.41, 5.74) is 0. The summed E-state index contributed by atoms with van der Waals surface area (Å²) in [4.78, 5) is 33.1. The summed E-state index contributed by atoms with van der Waals surface area (Å²) in [5, 5.41) is 10.8. The molecule has 158 valence electrons. The third kappa shape index (κ3) is 17.9. The summed E-state index contributed by atoms with van der Waals surface area (Å²) in [6.45, 7) is 5.21. The molecule has 0 aromatic rings. The van der Waals surface area contributed by atoms with Crippen LogP contribution in [0.3, 0.4) is 0 Å². The molecule has 0 aliphatic rings. The summed E-state index contributed by atoms with van der Waals surface area (Å²) in [7, 11) is 0. The zero-order valence-corrected chi connectivity index (χ0v) is 16.9. The van der Waals surface area contributed by atoms with E-state index in [1.165, 1.54) is 18.7 Å². The zero-order valence-electron chi connectivity index (χ0n) is 16.1. The topological polar surface area (TPSA) is 120 Å². The molecule has 0 saturated heterocycles. The fraction of sp³-hybridized carbons (Fsp3) is 0.824. The molecule has 0 bridgehead atoms. The van der Waals surface area contributed by atoms with E-state index in [0.29, 0.717) is 65.8 Å². The van der Waals surface area contributed by atoms with Gasteiger partial charge >= 0.3 is 5.97 Å². The molecule has 10 heteroatoms. The minimum atomic E-state index is -0.998. The molecule has 1 atom stereocenters. The molecule has 2 N–H and O–H groups in total. The number of hydrogen-bond acceptors (Lipinski definition) is 8. The Morgan fingerprint density at radius 3 is 1.81 bits per heavy atom. The largest absolute Gasteiger partial charge is 0.481 e. The van der Waals surface area contributed by atoms with Crippen molar-refractivity contribution in [2.75, 3.05) is 65.7 Å². The van der Waals surface area contributed by atoms with Crippen LogP contribution in [0.1, 0.15) is 19.8 Å². The SMILES string of the molecule is CSC(CC(=O)O)C(=O)NCCOCCOCCOCCOCCC(C)=O. The molecule has 0 saturated carbocycles. The first-order valence-corrected chi connectivity index (χ1v) is 10.1. The molecule has 0 heterocycles. The lowest BCUT2D eigenvalue weighted by molar-refractivity contribution is -0.138. The fourth-order valence-corrected chi connectivity index (χ4v) is 2.39. The third-order valence-corrected chi connectivity index (χ3v) is 4.15. The molecule has 0 spiro atoms. The normalized spacial score (nSPS) is 11.9. The lowest BCUT2D eigenvalue weighted by atomic mass is 10.3. The first-order valence-electron chi connectivity index (χ1n) is 8.80. The van der Waals surface area contributed by atoms with Crippen LogP contribution < -0.4 is 5.32 Å². The maximum Gasteiger partial charge on any atom is 0.305 e. The molecule has 0 aliphatic heterocycles. The lowest BCUT2D eigenvalue weighted by Gasteiger charge is -2.12. The summed E-state index contributed by atoms with van der Waals surface area (Å²) < 4.78 is 21.2. The lowest BCUT2D eigenvalue weighted by Crippen LogP contribution is -2.36. The highest BCUT2D eigenvalue weighted by atomic mass is 32.2. The van der Waals surface area contributed by atoms with Crippen molar-refractivity contribution >= 4 is 29.4 Å². The zero-order chi connectivity index (χ0) is 20.3. The van der Waals surface area contributed by atoms with Crippen molar-refractivity contribution in [3.8, 4) is 0 Å². The van der Waals surface area contributed by atoms with Crippen molar-refractivity contribution in [1.82, 2.24) is 5.32 Å². The van der Waals surface area contributed by atoms with Gasteiger partial charge < -0.3 is 29.4 Å². The van der Waals surface area contributed by atoms with Crippen LogP contribution in [0, 0.1) is 0 Å². The second kappa shape index (κ2) is 18.2. The fourth-order valence-electron chi connectivity index (χ4n) is 1.78. The predicted octanol–water partition coefficient (Wildman–Crippen LogP) is 0.354. The van der Waals surface area contributed by atoms with Crippen LogP contribution in [0.15, 0.2) is 0 Å². The van der Waals surface area contributed by atoms with Gasteiger partial charge in [0.2, 0.25) is 5.91 Å². The molecule has 27 heavy (non-hydrogen) atoms. The molecule has 0 aromatic heterocycles. The Morgan fingerprint density at radius 1 is 0.889 bits per heavy atom. The van der Waals surface area contributed by atoms with Crippen LogP contribution in [-0.4, -0.2) is 93.7 Å². The van der Waals surface area contributed by atoms with Crippen molar-refractivity contribution in [3.63, 3.8) is 0 Å². The van der Waals surface area contributed by atoms with E-state index in [9.17, 15) is 14.4 Å². The summed E-state index contributed by atoms with van der Waals surface area (Å²) in [6.07, 6.45) is 1.92. The van der Waals surface area contributed by atoms with Crippen LogP contribution in [0.2, 0.25) is 0 Å². The second-order valence-electron chi connectivity index (χ2n) is 5.51. The monoisotopic (exact) mass is 409 g/mol. The number of nitrogens with one attached hydrogen (secondary N) is 1. The standard InChI is InChI=1S/C17H31NO8S/c1-14(19)3-5-23-7-9-25-11-12-26-10-8-24-6-4-18-17(22)15(27-2)13-16(20)21/h15H,3-13H2,1-2H3,(H,18,22)(H,20,21). The minimum absolute atomic E-state index is 0.108. The highest BCUT2D eigenvalue weighted by molar-refractivity contribution is 7.99. The third-order valence-electron chi connectivity index (χ3n) is 3.20. The van der Waals surface area contributed by atoms with E-state index < -0.39 is 11.2 Å². The number of amides is 1. The number of carbonyl (C=O) groups is 3. The van der Waals surface area contributed by atoms with E-state index in [2.05, 4.69) is 5.32 Å². The van der Waals surface area contributed by atoms with Gasteiger partial charge in [-0.25, -0.2) is 0 Å². The van der Waals surface area contributed by atoms with Crippen LogP contribution in [0.4, 0.5) is 0 Å². The molecule has 0 aromatic carbocycles. The van der Waals surface area contributed by atoms with Crippen molar-refractivity contribution in [1.29, 1.82) is 0 Å². The van der Waals surface area contributed by atoms with Crippen molar-refractivity contribution in [3.05, 3.63) is 0 Å². The van der Waals surface area contributed by atoms with Gasteiger partial charge in [0.1, 0.15) is 5.78 Å². The maximum atomic E-state index is 11.7. The quantitative estimate of drug-likeness (QED) is 0.291. The number of carbonyl (C=O) groups excluding carboxylic acids is 2. The van der Waals surface area contributed by atoms with Gasteiger partial charge in [-0.2, -0.15) is 11.8 Å².